The molecule has 0 saturated carbocycles. The lowest BCUT2D eigenvalue weighted by Gasteiger charge is -2.27. The molecule has 1 aromatic heterocycles. The molecule has 0 bridgehead atoms. The van der Waals surface area contributed by atoms with Gasteiger partial charge in [-0.3, -0.25) is 9.59 Å². The zero-order chi connectivity index (χ0) is 22.4. The predicted molar refractivity (Wildman–Crippen MR) is 117 cm³/mol. The first kappa shape index (κ1) is 23.1. The first-order valence-electron chi connectivity index (χ1n) is 9.97. The van der Waals surface area contributed by atoms with Gasteiger partial charge in [0.25, 0.3) is 0 Å². The van der Waals surface area contributed by atoms with Crippen LogP contribution in [0.3, 0.4) is 0 Å². The van der Waals surface area contributed by atoms with Crippen LogP contribution in [0.15, 0.2) is 43.0 Å². The van der Waals surface area contributed by atoms with Gasteiger partial charge >= 0.3 is 5.97 Å². The molecule has 0 saturated heterocycles. The van der Waals surface area contributed by atoms with E-state index in [4.69, 9.17) is 4.74 Å². The van der Waals surface area contributed by atoms with Crippen LogP contribution in [-0.4, -0.2) is 46.8 Å². The molecule has 0 radical (unpaired) electrons. The lowest BCUT2D eigenvalue weighted by Crippen LogP contribution is -2.43. The molecule has 0 aliphatic rings. The molecule has 0 N–H and O–H groups in total. The first-order chi connectivity index (χ1) is 14.2. The van der Waals surface area contributed by atoms with Gasteiger partial charge in [-0.05, 0) is 38.3 Å². The van der Waals surface area contributed by atoms with Gasteiger partial charge in [-0.1, -0.05) is 36.4 Å². The maximum atomic E-state index is 13.4. The van der Waals surface area contributed by atoms with Gasteiger partial charge in [0.1, 0.15) is 5.69 Å². The quantitative estimate of drug-likeness (QED) is 0.360. The molecular formula is C24H30N2O4. The first-order valence-corrected chi connectivity index (χ1v) is 9.97. The van der Waals surface area contributed by atoms with Gasteiger partial charge in [0.15, 0.2) is 5.78 Å². The maximum absolute atomic E-state index is 13.4. The summed E-state index contributed by atoms with van der Waals surface area (Å²) >= 11 is 0. The monoisotopic (exact) mass is 410 g/mol. The number of aryl methyl sites for hydroxylation is 1. The lowest BCUT2D eigenvalue weighted by atomic mass is 9.99. The van der Waals surface area contributed by atoms with Crippen molar-refractivity contribution in [2.24, 2.45) is 7.05 Å². The van der Waals surface area contributed by atoms with Crippen molar-refractivity contribution in [2.45, 2.75) is 39.7 Å². The number of amides is 1. The highest BCUT2D eigenvalue weighted by atomic mass is 16.5. The summed E-state index contributed by atoms with van der Waals surface area (Å²) in [7, 11) is 3.04. The molecule has 2 aromatic rings. The largest absolute Gasteiger partial charge is 0.464 e. The van der Waals surface area contributed by atoms with E-state index >= 15 is 0 Å². The number of benzene rings is 1. The number of carbonyl (C=O) groups excluding carboxylic acids is 3. The van der Waals surface area contributed by atoms with Crippen LogP contribution in [0.4, 0.5) is 0 Å². The molecule has 0 aliphatic carbocycles. The average Bonchev–Trinajstić information content (AvgIpc) is 2.97. The Morgan fingerprint density at radius 2 is 1.83 bits per heavy atom. The smallest absolute Gasteiger partial charge is 0.354 e. The molecule has 6 heteroatoms. The Morgan fingerprint density at radius 1 is 1.20 bits per heavy atom. The number of aromatic nitrogens is 1. The van der Waals surface area contributed by atoms with Crippen LogP contribution in [0.2, 0.25) is 0 Å². The van der Waals surface area contributed by atoms with E-state index in [9.17, 15) is 14.4 Å². The fraction of sp³-hybridized carbons (Fsp3) is 0.375. The van der Waals surface area contributed by atoms with E-state index in [-0.39, 0.29) is 18.2 Å². The Bertz CT molecular complexity index is 944. The van der Waals surface area contributed by atoms with Crippen molar-refractivity contribution in [3.63, 3.8) is 0 Å². The normalized spacial score (nSPS) is 11.6. The van der Waals surface area contributed by atoms with Crippen molar-refractivity contribution in [1.82, 2.24) is 9.47 Å². The van der Waals surface area contributed by atoms with E-state index < -0.39 is 12.0 Å². The minimum absolute atomic E-state index is 0.112. The van der Waals surface area contributed by atoms with E-state index in [1.165, 1.54) is 7.11 Å². The highest BCUT2D eigenvalue weighted by molar-refractivity contribution is 6.06. The van der Waals surface area contributed by atoms with E-state index in [1.807, 2.05) is 30.3 Å². The number of carbonyl (C=O) groups is 3. The number of methoxy groups -OCH3 is 1. The summed E-state index contributed by atoms with van der Waals surface area (Å²) < 4.78 is 6.52. The predicted octanol–water partition coefficient (Wildman–Crippen LogP) is 3.65. The third-order valence-corrected chi connectivity index (χ3v) is 5.52. The van der Waals surface area contributed by atoms with Crippen molar-refractivity contribution >= 4 is 17.7 Å². The molecule has 6 nitrogen and oxygen atoms in total. The second-order valence-corrected chi connectivity index (χ2v) is 7.35. The van der Waals surface area contributed by atoms with Gasteiger partial charge in [-0.2, -0.15) is 0 Å². The van der Waals surface area contributed by atoms with Crippen molar-refractivity contribution in [2.75, 3.05) is 13.7 Å². The molecule has 2 rings (SSSR count). The number of rotatable bonds is 9. The number of hydrogen-bond donors (Lipinski definition) is 0. The van der Waals surface area contributed by atoms with Crippen molar-refractivity contribution in [3.05, 3.63) is 71.1 Å². The fourth-order valence-corrected chi connectivity index (χ4v) is 3.73. The summed E-state index contributed by atoms with van der Waals surface area (Å²) in [6.07, 6.45) is 2.52. The van der Waals surface area contributed by atoms with Crippen LogP contribution in [-0.2, 0) is 23.0 Å². The van der Waals surface area contributed by atoms with E-state index in [0.29, 0.717) is 35.4 Å². The molecule has 1 amide bonds. The highest BCUT2D eigenvalue weighted by Gasteiger charge is 2.31. The molecule has 1 heterocycles. The zero-order valence-corrected chi connectivity index (χ0v) is 18.4. The Morgan fingerprint density at radius 3 is 2.40 bits per heavy atom. The molecule has 0 unspecified atom stereocenters. The summed E-state index contributed by atoms with van der Waals surface area (Å²) in [6.45, 7) is 9.24. The maximum Gasteiger partial charge on any atom is 0.354 e. The Labute approximate surface area is 178 Å². The van der Waals surface area contributed by atoms with Gasteiger partial charge in [0, 0.05) is 31.3 Å². The van der Waals surface area contributed by atoms with Crippen LogP contribution in [0.5, 0.6) is 0 Å². The van der Waals surface area contributed by atoms with Gasteiger partial charge < -0.3 is 14.2 Å². The number of ether oxygens (including phenoxy) is 1. The van der Waals surface area contributed by atoms with Gasteiger partial charge in [0.05, 0.1) is 13.2 Å². The fourth-order valence-electron chi connectivity index (χ4n) is 3.73. The molecule has 0 fully saturated rings. The standard InChI is InChI=1S/C24H30N2O4/c1-7-15-26(20(27)14-13-19-11-9-8-10-12-19)18(4)23(28)21-16(2)22(24(29)30-6)25(5)17(21)3/h7-12,18H,1,13-15H2,2-6H3/t18-/m0/s1. The number of esters is 1. The van der Waals surface area contributed by atoms with Crippen LogP contribution in [0.25, 0.3) is 0 Å². The highest BCUT2D eigenvalue weighted by Crippen LogP contribution is 2.25. The Kier molecular flexibility index (Phi) is 7.75. The summed E-state index contributed by atoms with van der Waals surface area (Å²) in [4.78, 5) is 40.0. The molecule has 1 aromatic carbocycles. The number of hydrogen-bond acceptors (Lipinski definition) is 4. The third-order valence-electron chi connectivity index (χ3n) is 5.52. The average molecular weight is 411 g/mol. The van der Waals surface area contributed by atoms with Crippen molar-refractivity contribution in [1.29, 1.82) is 0 Å². The van der Waals surface area contributed by atoms with Crippen LogP contribution >= 0.6 is 0 Å². The Hall–Kier alpha value is -3.15. The van der Waals surface area contributed by atoms with E-state index in [0.717, 1.165) is 5.56 Å². The van der Waals surface area contributed by atoms with Gasteiger partial charge in [-0.25, -0.2) is 4.79 Å². The van der Waals surface area contributed by atoms with E-state index in [2.05, 4.69) is 6.58 Å². The number of nitrogens with zero attached hydrogens (tertiary/aromatic N) is 2. The molecular weight excluding hydrogens is 380 g/mol. The SMILES string of the molecule is C=CCN(C(=O)CCc1ccccc1)[C@@H](C)C(=O)c1c(C)c(C(=O)OC)n(C)c1C. The molecule has 1 atom stereocenters. The minimum atomic E-state index is -0.684. The Balaban J connectivity index is 2.27. The topological polar surface area (TPSA) is 68.6 Å². The van der Waals surface area contributed by atoms with Crippen LogP contribution in [0.1, 0.15) is 51.0 Å². The summed E-state index contributed by atoms with van der Waals surface area (Å²) in [5, 5.41) is 0. The van der Waals surface area contributed by atoms with Crippen LogP contribution < -0.4 is 0 Å². The molecule has 0 aliphatic heterocycles. The van der Waals surface area contributed by atoms with Gasteiger partial charge in [0.2, 0.25) is 5.91 Å². The second kappa shape index (κ2) is 10.1. The molecule has 0 spiro atoms. The van der Waals surface area contributed by atoms with Crippen molar-refractivity contribution < 1.29 is 19.1 Å². The molecule has 30 heavy (non-hydrogen) atoms. The minimum Gasteiger partial charge on any atom is -0.464 e. The lowest BCUT2D eigenvalue weighted by molar-refractivity contribution is -0.131. The number of Topliss-reactive ketones (excluding diaryl/α,β-unsaturated/α-hetero) is 1. The van der Waals surface area contributed by atoms with E-state index in [1.54, 1.807) is 43.4 Å². The zero-order valence-electron chi connectivity index (χ0n) is 18.4. The number of ketones is 1. The summed E-state index contributed by atoms with van der Waals surface area (Å²) in [5.74, 6) is -0.809. The summed E-state index contributed by atoms with van der Waals surface area (Å²) in [5.41, 5.74) is 3.10. The van der Waals surface area contributed by atoms with Crippen molar-refractivity contribution in [3.8, 4) is 0 Å². The van der Waals surface area contributed by atoms with Crippen LogP contribution in [0, 0.1) is 13.8 Å². The third kappa shape index (κ3) is 4.70. The van der Waals surface area contributed by atoms with Gasteiger partial charge in [-0.15, -0.1) is 6.58 Å². The second-order valence-electron chi connectivity index (χ2n) is 7.35. The summed E-state index contributed by atoms with van der Waals surface area (Å²) in [6, 6.07) is 9.08. The molecule has 160 valence electrons.